The van der Waals surface area contributed by atoms with Crippen molar-refractivity contribution in [1.82, 2.24) is 15.2 Å². The minimum atomic E-state index is -1.36. The van der Waals surface area contributed by atoms with E-state index >= 15 is 0 Å². The summed E-state index contributed by atoms with van der Waals surface area (Å²) in [6.07, 6.45) is 0.117. The summed E-state index contributed by atoms with van der Waals surface area (Å²) in [6, 6.07) is 9.52. The number of nitrogens with one attached hydrogen (secondary N) is 2. The maximum atomic E-state index is 13.8. The second-order valence-electron chi connectivity index (χ2n) is 8.97. The van der Waals surface area contributed by atoms with E-state index in [1.54, 1.807) is 19.1 Å². The van der Waals surface area contributed by atoms with Gasteiger partial charge in [-0.15, -0.1) is 0 Å². The van der Waals surface area contributed by atoms with Crippen LogP contribution in [0.2, 0.25) is 0 Å². The van der Waals surface area contributed by atoms with Crippen LogP contribution in [0.5, 0.6) is 0 Å². The molecule has 0 unspecified atom stereocenters. The first-order valence-corrected chi connectivity index (χ1v) is 12.1. The average Bonchev–Trinajstić information content (AvgIpc) is 2.86. The Bertz CT molecular complexity index is 1360. The Morgan fingerprint density at radius 3 is 2.63 bits per heavy atom. The number of benzene rings is 2. The van der Waals surface area contributed by atoms with Crippen LogP contribution in [0.3, 0.4) is 0 Å². The molecule has 0 aliphatic carbocycles. The van der Waals surface area contributed by atoms with E-state index in [1.807, 2.05) is 0 Å². The lowest BCUT2D eigenvalue weighted by Crippen LogP contribution is -2.59. The third-order valence-electron chi connectivity index (χ3n) is 6.38. The molecule has 0 saturated carbocycles. The maximum Gasteiger partial charge on any atom is 0.412 e. The number of urea groups is 1. The number of rotatable bonds is 9. The van der Waals surface area contributed by atoms with Crippen LogP contribution in [0.1, 0.15) is 24.5 Å². The zero-order valence-electron chi connectivity index (χ0n) is 21.0. The van der Waals surface area contributed by atoms with Crippen LogP contribution < -0.4 is 10.6 Å². The molecule has 0 spiro atoms. The molecule has 38 heavy (non-hydrogen) atoms. The highest BCUT2D eigenvalue weighted by Crippen LogP contribution is 2.27. The highest BCUT2D eigenvalue weighted by molar-refractivity contribution is 7.81. The molecule has 9 nitrogen and oxygen atoms in total. The maximum absolute atomic E-state index is 13.8. The van der Waals surface area contributed by atoms with Crippen molar-refractivity contribution in [3.8, 4) is 0 Å². The number of fused-ring (bicyclic) bond motifs is 1. The summed E-state index contributed by atoms with van der Waals surface area (Å²) >= 11 is 4.39. The van der Waals surface area contributed by atoms with Gasteiger partial charge in [-0.3, -0.25) is 10.1 Å². The average molecular weight is 547 g/mol. The number of thiol groups is 1. The van der Waals surface area contributed by atoms with Crippen molar-refractivity contribution in [2.24, 2.45) is 0 Å². The second-order valence-corrected chi connectivity index (χ2v) is 9.60. The number of nitrogens with zero attached hydrogens (tertiary/aromatic N) is 2. The molecule has 0 saturated heterocycles. The van der Waals surface area contributed by atoms with Crippen LogP contribution in [-0.4, -0.2) is 57.5 Å². The number of ether oxygens (including phenoxy) is 1. The Hall–Kier alpha value is -3.93. The van der Waals surface area contributed by atoms with Crippen LogP contribution in [0.25, 0.3) is 10.8 Å². The number of amides is 3. The fourth-order valence-electron chi connectivity index (χ4n) is 3.70. The number of aromatic nitrogens is 1. The van der Waals surface area contributed by atoms with E-state index < -0.39 is 53.5 Å². The minimum absolute atomic E-state index is 0.0224. The summed E-state index contributed by atoms with van der Waals surface area (Å²) < 4.78 is 32.7. The fourth-order valence-corrected chi connectivity index (χ4v) is 4.10. The van der Waals surface area contributed by atoms with Gasteiger partial charge >= 0.3 is 18.1 Å². The molecule has 2 aromatic carbocycles. The normalized spacial score (nSPS) is 13.3. The molecule has 2 atom stereocenters. The standard InChI is InChI=1S/C26H28F2N4O5S/c1-15-16(5-4-6-20(15)28)12-30-24(35)32(3)26(2,21(38)11-23(33)34)14-37-25(36)31-22-10-18-9-19(27)8-7-17(18)13-29-22/h4-10,13,21,38H,11-12,14H2,1-3H3,(H,30,35)(H,33,34)(H,29,31,36)/t21-,26+/m1/s1. The monoisotopic (exact) mass is 546 g/mol. The summed E-state index contributed by atoms with van der Waals surface area (Å²) in [6.45, 7) is 2.74. The van der Waals surface area contributed by atoms with Crippen molar-refractivity contribution < 1.29 is 33.0 Å². The zero-order chi connectivity index (χ0) is 28.0. The number of carbonyl (C=O) groups excluding carboxylic acids is 2. The predicted octanol–water partition coefficient (Wildman–Crippen LogP) is 4.74. The van der Waals surface area contributed by atoms with Crippen LogP contribution in [0, 0.1) is 18.6 Å². The largest absolute Gasteiger partial charge is 0.481 e. The fraction of sp³-hybridized carbons (Fsp3) is 0.308. The van der Waals surface area contributed by atoms with Crippen LogP contribution in [-0.2, 0) is 16.1 Å². The van der Waals surface area contributed by atoms with Gasteiger partial charge < -0.3 is 20.1 Å². The number of pyridine rings is 1. The van der Waals surface area contributed by atoms with E-state index in [-0.39, 0.29) is 12.4 Å². The molecule has 3 aromatic rings. The Kier molecular flexibility index (Phi) is 9.10. The lowest BCUT2D eigenvalue weighted by molar-refractivity contribution is -0.137. The molecule has 1 heterocycles. The Balaban J connectivity index is 1.71. The van der Waals surface area contributed by atoms with Crippen molar-refractivity contribution >= 4 is 47.3 Å². The molecule has 0 fully saturated rings. The highest BCUT2D eigenvalue weighted by atomic mass is 32.1. The lowest BCUT2D eigenvalue weighted by atomic mass is 9.94. The lowest BCUT2D eigenvalue weighted by Gasteiger charge is -2.41. The van der Waals surface area contributed by atoms with Crippen LogP contribution in [0.4, 0.5) is 24.2 Å². The summed E-state index contributed by atoms with van der Waals surface area (Å²) in [5, 5.41) is 14.7. The zero-order valence-corrected chi connectivity index (χ0v) is 21.9. The van der Waals surface area contributed by atoms with Gasteiger partial charge in [0.05, 0.1) is 12.0 Å². The van der Waals surface area contributed by atoms with E-state index in [0.717, 1.165) is 0 Å². The first kappa shape index (κ1) is 28.6. The molecular weight excluding hydrogens is 518 g/mol. The number of carboxylic acid groups (broad SMARTS) is 1. The van der Waals surface area contributed by atoms with Crippen LogP contribution >= 0.6 is 12.6 Å². The molecule has 202 valence electrons. The number of hydrogen-bond acceptors (Lipinski definition) is 6. The molecule has 3 N–H and O–H groups in total. The van der Waals surface area contributed by atoms with Gasteiger partial charge in [0, 0.05) is 30.4 Å². The molecule has 3 rings (SSSR count). The van der Waals surface area contributed by atoms with Gasteiger partial charge in [0.25, 0.3) is 0 Å². The van der Waals surface area contributed by atoms with Gasteiger partial charge in [-0.2, -0.15) is 12.6 Å². The smallest absolute Gasteiger partial charge is 0.412 e. The molecular formula is C26H28F2N4O5S. The Labute approximate surface area is 223 Å². The van der Waals surface area contributed by atoms with E-state index in [9.17, 15) is 28.3 Å². The van der Waals surface area contributed by atoms with Gasteiger partial charge in [0.2, 0.25) is 0 Å². The topological polar surface area (TPSA) is 121 Å². The third kappa shape index (κ3) is 6.88. The van der Waals surface area contributed by atoms with Crippen molar-refractivity contribution in [2.45, 2.75) is 37.6 Å². The van der Waals surface area contributed by atoms with Gasteiger partial charge in [-0.25, -0.2) is 23.4 Å². The van der Waals surface area contributed by atoms with Crippen molar-refractivity contribution in [3.05, 3.63) is 71.4 Å². The Morgan fingerprint density at radius 1 is 1.18 bits per heavy atom. The van der Waals surface area contributed by atoms with E-state index in [2.05, 4.69) is 28.2 Å². The van der Waals surface area contributed by atoms with Gasteiger partial charge in [0.15, 0.2) is 0 Å². The minimum Gasteiger partial charge on any atom is -0.481 e. The number of hydrogen-bond donors (Lipinski definition) is 4. The highest BCUT2D eigenvalue weighted by Gasteiger charge is 2.41. The first-order valence-electron chi connectivity index (χ1n) is 11.6. The molecule has 12 heteroatoms. The number of carboxylic acids is 1. The molecule has 0 aliphatic heterocycles. The summed E-state index contributed by atoms with van der Waals surface area (Å²) in [5.41, 5.74) is -0.402. The van der Waals surface area contributed by atoms with Gasteiger partial charge in [-0.05, 0) is 60.7 Å². The number of likely N-dealkylation sites (N-methyl/N-ethyl adjacent to an activating group) is 1. The van der Waals surface area contributed by atoms with Crippen molar-refractivity contribution in [1.29, 1.82) is 0 Å². The number of aliphatic carboxylic acids is 1. The van der Waals surface area contributed by atoms with Gasteiger partial charge in [0.1, 0.15) is 24.1 Å². The Morgan fingerprint density at radius 2 is 1.92 bits per heavy atom. The third-order valence-corrected chi connectivity index (χ3v) is 7.11. The number of carbonyl (C=O) groups is 3. The summed E-state index contributed by atoms with van der Waals surface area (Å²) in [7, 11) is 1.42. The van der Waals surface area contributed by atoms with E-state index in [1.165, 1.54) is 55.4 Å². The van der Waals surface area contributed by atoms with Crippen molar-refractivity contribution in [3.63, 3.8) is 0 Å². The van der Waals surface area contributed by atoms with Crippen molar-refractivity contribution in [2.75, 3.05) is 19.0 Å². The molecule has 0 radical (unpaired) electrons. The quantitative estimate of drug-likeness (QED) is 0.288. The molecule has 0 bridgehead atoms. The summed E-state index contributed by atoms with van der Waals surface area (Å²) in [4.78, 5) is 42.2. The number of halogens is 2. The first-order chi connectivity index (χ1) is 17.9. The molecule has 0 aliphatic rings. The second kappa shape index (κ2) is 12.1. The van der Waals surface area contributed by atoms with Crippen LogP contribution in [0.15, 0.2) is 48.7 Å². The summed E-state index contributed by atoms with van der Waals surface area (Å²) in [5.74, 6) is -1.89. The molecule has 1 aromatic heterocycles. The predicted molar refractivity (Wildman–Crippen MR) is 141 cm³/mol. The van der Waals surface area contributed by atoms with E-state index in [0.29, 0.717) is 21.9 Å². The number of anilines is 1. The SMILES string of the molecule is Cc1c(F)cccc1CNC(=O)N(C)[C@@](C)(COC(=O)Nc1cc2cc(F)ccc2cn1)[C@H](S)CC(=O)O. The van der Waals surface area contributed by atoms with E-state index in [4.69, 9.17) is 4.74 Å². The van der Waals surface area contributed by atoms with Gasteiger partial charge in [-0.1, -0.05) is 12.1 Å². The molecule has 3 amide bonds.